The molecule has 0 radical (unpaired) electrons. The summed E-state index contributed by atoms with van der Waals surface area (Å²) in [7, 11) is 0. The maximum Gasteiger partial charge on any atom is 0.270 e. The van der Waals surface area contributed by atoms with Gasteiger partial charge in [0.2, 0.25) is 0 Å². The fourth-order valence-electron chi connectivity index (χ4n) is 2.35. The number of rotatable bonds is 8. The number of benzene rings is 1. The molecule has 0 fully saturated rings. The molecule has 124 valence electrons. The second-order valence-corrected chi connectivity index (χ2v) is 5.13. The van der Waals surface area contributed by atoms with E-state index in [1.165, 1.54) is 12.1 Å². The third kappa shape index (κ3) is 4.27. The van der Waals surface area contributed by atoms with E-state index in [1.807, 2.05) is 11.8 Å². The molecule has 0 aliphatic heterocycles. The number of hydrogen-bond acceptors (Lipinski definition) is 5. The number of fused-ring (bicyclic) bond motifs is 1. The van der Waals surface area contributed by atoms with Gasteiger partial charge >= 0.3 is 0 Å². The van der Waals surface area contributed by atoms with Gasteiger partial charge in [-0.3, -0.25) is 19.8 Å². The number of aliphatic hydroxyl groups is 1. The highest BCUT2D eigenvalue weighted by Crippen LogP contribution is 2.21. The van der Waals surface area contributed by atoms with Crippen molar-refractivity contribution in [3.8, 4) is 0 Å². The number of H-pyrrole nitrogens is 1. The lowest BCUT2D eigenvalue weighted by atomic mass is 10.2. The Morgan fingerprint density at radius 2 is 2.17 bits per heavy atom. The van der Waals surface area contributed by atoms with Crippen LogP contribution >= 0.6 is 0 Å². The molecule has 0 saturated carbocycles. The van der Waals surface area contributed by atoms with Crippen molar-refractivity contribution >= 4 is 22.5 Å². The molecule has 23 heavy (non-hydrogen) atoms. The summed E-state index contributed by atoms with van der Waals surface area (Å²) in [5.41, 5.74) is 1.04. The van der Waals surface area contributed by atoms with Crippen LogP contribution < -0.4 is 5.32 Å². The van der Waals surface area contributed by atoms with Crippen molar-refractivity contribution in [3.63, 3.8) is 0 Å². The van der Waals surface area contributed by atoms with Gasteiger partial charge in [-0.15, -0.1) is 0 Å². The second-order valence-electron chi connectivity index (χ2n) is 5.13. The fraction of sp³-hybridized carbons (Fsp3) is 0.400. The summed E-state index contributed by atoms with van der Waals surface area (Å²) in [6.07, 6.45) is 0. The Labute approximate surface area is 133 Å². The zero-order valence-electron chi connectivity index (χ0n) is 12.9. The predicted octanol–water partition coefficient (Wildman–Crippen LogP) is 1.12. The van der Waals surface area contributed by atoms with Crippen LogP contribution in [-0.2, 0) is 0 Å². The molecule has 0 saturated heterocycles. The minimum Gasteiger partial charge on any atom is -0.395 e. The standard InChI is InChI=1S/C15H20N4O4/c1-2-18(7-8-20)6-5-16-15(21)14-10-11-9-12(19(22)23)3-4-13(11)17-14/h3-4,9-10,17,20H,2,5-8H2,1H3,(H,16,21). The molecule has 1 amide bonds. The van der Waals surface area contributed by atoms with E-state index >= 15 is 0 Å². The number of likely N-dealkylation sites (N-methyl/N-ethyl adjacent to an activating group) is 1. The van der Waals surface area contributed by atoms with E-state index in [4.69, 9.17) is 5.11 Å². The number of aliphatic hydroxyl groups excluding tert-OH is 1. The Hall–Kier alpha value is -2.45. The normalized spacial score (nSPS) is 11.1. The fourth-order valence-corrected chi connectivity index (χ4v) is 2.35. The zero-order chi connectivity index (χ0) is 16.8. The molecule has 0 spiro atoms. The number of nitro benzene ring substituents is 1. The first-order valence-electron chi connectivity index (χ1n) is 7.43. The molecular formula is C15H20N4O4. The number of aromatic nitrogens is 1. The summed E-state index contributed by atoms with van der Waals surface area (Å²) in [6, 6.07) is 6.02. The SMILES string of the molecule is CCN(CCO)CCNC(=O)c1cc2cc([N+](=O)[O-])ccc2[nH]1. The van der Waals surface area contributed by atoms with Gasteiger partial charge in [0.1, 0.15) is 5.69 Å². The summed E-state index contributed by atoms with van der Waals surface area (Å²) >= 11 is 0. The third-order valence-corrected chi connectivity index (χ3v) is 3.64. The zero-order valence-corrected chi connectivity index (χ0v) is 12.9. The Morgan fingerprint density at radius 1 is 1.39 bits per heavy atom. The molecular weight excluding hydrogens is 300 g/mol. The minimum atomic E-state index is -0.466. The van der Waals surface area contributed by atoms with Gasteiger partial charge in [-0.1, -0.05) is 6.92 Å². The third-order valence-electron chi connectivity index (χ3n) is 3.64. The molecule has 0 atom stereocenters. The van der Waals surface area contributed by atoms with Gasteiger partial charge in [0.05, 0.1) is 11.5 Å². The average molecular weight is 320 g/mol. The Balaban J connectivity index is 1.99. The van der Waals surface area contributed by atoms with Crippen molar-refractivity contribution in [2.75, 3.05) is 32.8 Å². The number of amides is 1. The molecule has 1 aromatic carbocycles. The number of nitrogens with zero attached hydrogens (tertiary/aromatic N) is 2. The quantitative estimate of drug-likeness (QED) is 0.498. The largest absolute Gasteiger partial charge is 0.395 e. The van der Waals surface area contributed by atoms with Crippen LogP contribution in [0.4, 0.5) is 5.69 Å². The van der Waals surface area contributed by atoms with Crippen LogP contribution in [0.1, 0.15) is 17.4 Å². The summed E-state index contributed by atoms with van der Waals surface area (Å²) < 4.78 is 0. The average Bonchev–Trinajstić information content (AvgIpc) is 2.96. The monoisotopic (exact) mass is 320 g/mol. The number of carbonyl (C=O) groups excluding carboxylic acids is 1. The molecule has 0 unspecified atom stereocenters. The van der Waals surface area contributed by atoms with Crippen LogP contribution in [0.15, 0.2) is 24.3 Å². The maximum absolute atomic E-state index is 12.1. The minimum absolute atomic E-state index is 0.00829. The van der Waals surface area contributed by atoms with Crippen molar-refractivity contribution in [3.05, 3.63) is 40.1 Å². The highest BCUT2D eigenvalue weighted by molar-refractivity contribution is 5.98. The predicted molar refractivity (Wildman–Crippen MR) is 86.5 cm³/mol. The van der Waals surface area contributed by atoms with E-state index in [-0.39, 0.29) is 18.2 Å². The first kappa shape index (κ1) is 16.9. The van der Waals surface area contributed by atoms with Crippen molar-refractivity contribution in [2.45, 2.75) is 6.92 Å². The summed E-state index contributed by atoms with van der Waals surface area (Å²) in [5, 5.41) is 23.1. The van der Waals surface area contributed by atoms with E-state index < -0.39 is 4.92 Å². The van der Waals surface area contributed by atoms with Crippen molar-refractivity contribution in [1.82, 2.24) is 15.2 Å². The highest BCUT2D eigenvalue weighted by atomic mass is 16.6. The van der Waals surface area contributed by atoms with Crippen LogP contribution in [0.3, 0.4) is 0 Å². The number of aromatic amines is 1. The van der Waals surface area contributed by atoms with E-state index in [1.54, 1.807) is 12.1 Å². The van der Waals surface area contributed by atoms with Crippen LogP contribution in [0.2, 0.25) is 0 Å². The van der Waals surface area contributed by atoms with Crippen LogP contribution in [-0.4, -0.2) is 58.6 Å². The molecule has 0 aliphatic rings. The lowest BCUT2D eigenvalue weighted by Crippen LogP contribution is -2.36. The molecule has 3 N–H and O–H groups in total. The van der Waals surface area contributed by atoms with Crippen LogP contribution in [0.25, 0.3) is 10.9 Å². The van der Waals surface area contributed by atoms with Gasteiger partial charge in [-0.2, -0.15) is 0 Å². The lowest BCUT2D eigenvalue weighted by molar-refractivity contribution is -0.384. The number of nitro groups is 1. The topological polar surface area (TPSA) is 112 Å². The molecule has 1 aromatic heterocycles. The summed E-state index contributed by atoms with van der Waals surface area (Å²) in [4.78, 5) is 27.4. The highest BCUT2D eigenvalue weighted by Gasteiger charge is 2.12. The number of carbonyl (C=O) groups is 1. The second kappa shape index (κ2) is 7.70. The molecule has 0 aliphatic carbocycles. The Morgan fingerprint density at radius 3 is 2.83 bits per heavy atom. The smallest absolute Gasteiger partial charge is 0.270 e. The summed E-state index contributed by atoms with van der Waals surface area (Å²) in [6.45, 7) is 4.55. The van der Waals surface area contributed by atoms with Crippen LogP contribution in [0.5, 0.6) is 0 Å². The first-order chi connectivity index (χ1) is 11.0. The van der Waals surface area contributed by atoms with Crippen molar-refractivity contribution < 1.29 is 14.8 Å². The van der Waals surface area contributed by atoms with Gasteiger partial charge in [-0.05, 0) is 18.7 Å². The number of non-ortho nitro benzene ring substituents is 1. The van der Waals surface area contributed by atoms with E-state index in [0.29, 0.717) is 36.2 Å². The first-order valence-corrected chi connectivity index (χ1v) is 7.43. The van der Waals surface area contributed by atoms with Gasteiger partial charge in [-0.25, -0.2) is 0 Å². The molecule has 8 nitrogen and oxygen atoms in total. The lowest BCUT2D eigenvalue weighted by Gasteiger charge is -2.18. The summed E-state index contributed by atoms with van der Waals surface area (Å²) in [5.74, 6) is -0.260. The Kier molecular flexibility index (Phi) is 5.67. The van der Waals surface area contributed by atoms with Crippen LogP contribution in [0, 0.1) is 10.1 Å². The molecule has 2 rings (SSSR count). The molecule has 2 aromatic rings. The number of nitrogens with one attached hydrogen (secondary N) is 2. The van der Waals surface area contributed by atoms with Gasteiger partial charge in [0.25, 0.3) is 11.6 Å². The van der Waals surface area contributed by atoms with E-state index in [2.05, 4.69) is 10.3 Å². The van der Waals surface area contributed by atoms with Gasteiger partial charge in [0.15, 0.2) is 0 Å². The maximum atomic E-state index is 12.1. The van der Waals surface area contributed by atoms with Crippen molar-refractivity contribution in [1.29, 1.82) is 0 Å². The van der Waals surface area contributed by atoms with E-state index in [9.17, 15) is 14.9 Å². The molecule has 1 heterocycles. The van der Waals surface area contributed by atoms with Gasteiger partial charge in [0, 0.05) is 42.7 Å². The van der Waals surface area contributed by atoms with E-state index in [0.717, 1.165) is 6.54 Å². The molecule has 0 bridgehead atoms. The Bertz CT molecular complexity index is 698. The molecule has 8 heteroatoms. The van der Waals surface area contributed by atoms with Gasteiger partial charge < -0.3 is 15.4 Å². The number of hydrogen-bond donors (Lipinski definition) is 3. The van der Waals surface area contributed by atoms with Crippen molar-refractivity contribution in [2.24, 2.45) is 0 Å².